The number of thiophene rings is 1. The Morgan fingerprint density at radius 1 is 1.24 bits per heavy atom. The van der Waals surface area contributed by atoms with Crippen LogP contribution in [0.5, 0.6) is 0 Å². The lowest BCUT2D eigenvalue weighted by Gasteiger charge is -2.14. The third kappa shape index (κ3) is 3.36. The van der Waals surface area contributed by atoms with E-state index in [0.717, 1.165) is 46.0 Å². The van der Waals surface area contributed by atoms with Gasteiger partial charge in [0.05, 0.1) is 12.4 Å². The van der Waals surface area contributed by atoms with Crippen molar-refractivity contribution in [1.82, 2.24) is 9.97 Å². The number of hydrogen-bond donors (Lipinski definition) is 2. The van der Waals surface area contributed by atoms with Crippen molar-refractivity contribution in [2.75, 3.05) is 7.05 Å². The highest BCUT2D eigenvalue weighted by Gasteiger charge is 2.20. The number of halogens is 1. The second-order valence-corrected chi connectivity index (χ2v) is 8.30. The molecule has 2 N–H and O–H groups in total. The van der Waals surface area contributed by atoms with Crippen molar-refractivity contribution in [3.8, 4) is 0 Å². The summed E-state index contributed by atoms with van der Waals surface area (Å²) in [5.41, 5.74) is 2.37. The molecular formula is C19H21ClN3OS+. The van der Waals surface area contributed by atoms with Crippen LogP contribution >= 0.6 is 22.9 Å². The zero-order valence-electron chi connectivity index (χ0n) is 14.2. The van der Waals surface area contributed by atoms with Crippen molar-refractivity contribution in [2.24, 2.45) is 0 Å². The molecule has 130 valence electrons. The molecule has 25 heavy (non-hydrogen) atoms. The van der Waals surface area contributed by atoms with E-state index >= 15 is 0 Å². The van der Waals surface area contributed by atoms with Gasteiger partial charge >= 0.3 is 0 Å². The second kappa shape index (κ2) is 6.90. The highest BCUT2D eigenvalue weighted by molar-refractivity contribution is 7.18. The maximum Gasteiger partial charge on any atom is 0.260 e. The maximum atomic E-state index is 12.6. The fourth-order valence-corrected chi connectivity index (χ4v) is 5.09. The topological polar surface area (TPSA) is 50.2 Å². The minimum absolute atomic E-state index is 0.0185. The predicted octanol–water partition coefficient (Wildman–Crippen LogP) is 2.73. The highest BCUT2D eigenvalue weighted by atomic mass is 35.5. The third-order valence-corrected chi connectivity index (χ3v) is 6.35. The summed E-state index contributed by atoms with van der Waals surface area (Å²) in [7, 11) is 2.09. The lowest BCUT2D eigenvalue weighted by molar-refractivity contribution is -0.908. The van der Waals surface area contributed by atoms with E-state index in [-0.39, 0.29) is 5.56 Å². The molecule has 0 bridgehead atoms. The number of nitrogens with zero attached hydrogens (tertiary/aromatic N) is 1. The van der Waals surface area contributed by atoms with Crippen LogP contribution in [-0.2, 0) is 25.9 Å². The summed E-state index contributed by atoms with van der Waals surface area (Å²) >= 11 is 7.95. The summed E-state index contributed by atoms with van der Waals surface area (Å²) in [6, 6.07) is 7.88. The molecule has 1 aliphatic rings. The van der Waals surface area contributed by atoms with Gasteiger partial charge in [-0.05, 0) is 37.3 Å². The molecule has 4 nitrogen and oxygen atoms in total. The summed E-state index contributed by atoms with van der Waals surface area (Å²) in [4.78, 5) is 23.9. The second-order valence-electron chi connectivity index (χ2n) is 6.81. The Morgan fingerprint density at radius 3 is 2.88 bits per heavy atom. The molecular weight excluding hydrogens is 354 g/mol. The quantitative estimate of drug-likeness (QED) is 0.737. The van der Waals surface area contributed by atoms with Gasteiger partial charge in [0.1, 0.15) is 17.9 Å². The van der Waals surface area contributed by atoms with Gasteiger partial charge < -0.3 is 9.88 Å². The first-order valence-corrected chi connectivity index (χ1v) is 9.89. The lowest BCUT2D eigenvalue weighted by atomic mass is 9.97. The zero-order valence-corrected chi connectivity index (χ0v) is 15.8. The fraction of sp³-hybridized carbons (Fsp3) is 0.368. The number of aryl methyl sites for hydroxylation is 2. The van der Waals surface area contributed by atoms with Gasteiger partial charge in [-0.3, -0.25) is 4.79 Å². The molecule has 0 saturated carbocycles. The molecule has 0 aliphatic heterocycles. The van der Waals surface area contributed by atoms with Crippen LogP contribution in [0.3, 0.4) is 0 Å². The summed E-state index contributed by atoms with van der Waals surface area (Å²) in [6.07, 6.45) is 4.49. The molecule has 1 unspecified atom stereocenters. The van der Waals surface area contributed by atoms with E-state index in [9.17, 15) is 4.79 Å². The van der Waals surface area contributed by atoms with Gasteiger partial charge in [0.2, 0.25) is 0 Å². The average molecular weight is 375 g/mol. The van der Waals surface area contributed by atoms with Crippen LogP contribution < -0.4 is 10.5 Å². The van der Waals surface area contributed by atoms with Gasteiger partial charge in [-0.15, -0.1) is 11.3 Å². The number of fused-ring (bicyclic) bond motifs is 3. The van der Waals surface area contributed by atoms with Gasteiger partial charge in [0.25, 0.3) is 5.56 Å². The number of benzene rings is 1. The Hall–Kier alpha value is -1.69. The number of H-pyrrole nitrogens is 1. The van der Waals surface area contributed by atoms with E-state index < -0.39 is 0 Å². The van der Waals surface area contributed by atoms with E-state index in [1.165, 1.54) is 28.2 Å². The van der Waals surface area contributed by atoms with Crippen molar-refractivity contribution in [3.63, 3.8) is 0 Å². The van der Waals surface area contributed by atoms with Crippen molar-refractivity contribution >= 4 is 33.2 Å². The number of hydrogen-bond acceptors (Lipinski definition) is 3. The lowest BCUT2D eigenvalue weighted by Crippen LogP contribution is -3.06. The van der Waals surface area contributed by atoms with Crippen LogP contribution in [-0.4, -0.2) is 17.0 Å². The first kappa shape index (κ1) is 16.8. The van der Waals surface area contributed by atoms with Crippen LogP contribution in [0, 0.1) is 0 Å². The fourth-order valence-electron chi connectivity index (χ4n) is 3.61. The highest BCUT2D eigenvalue weighted by Crippen LogP contribution is 2.33. The Labute approximate surface area is 155 Å². The minimum Gasteiger partial charge on any atom is -0.327 e. The van der Waals surface area contributed by atoms with Crippen LogP contribution in [0.2, 0.25) is 5.02 Å². The Kier molecular flexibility index (Phi) is 4.63. The van der Waals surface area contributed by atoms with Crippen LogP contribution in [0.25, 0.3) is 10.2 Å². The van der Waals surface area contributed by atoms with E-state index in [4.69, 9.17) is 16.6 Å². The first-order chi connectivity index (χ1) is 12.1. The molecule has 0 amide bonds. The molecule has 0 spiro atoms. The molecule has 4 rings (SSSR count). The predicted molar refractivity (Wildman–Crippen MR) is 103 cm³/mol. The number of nitrogens with one attached hydrogen (secondary N) is 2. The zero-order chi connectivity index (χ0) is 17.4. The molecule has 6 heteroatoms. The van der Waals surface area contributed by atoms with Crippen molar-refractivity contribution in [1.29, 1.82) is 0 Å². The van der Waals surface area contributed by atoms with Gasteiger partial charge in [-0.25, -0.2) is 4.98 Å². The summed E-state index contributed by atoms with van der Waals surface area (Å²) in [6.45, 7) is 1.46. The standard InChI is InChI=1S/C19H20ClN3OS/c1-23(10-12-6-2-4-8-14(12)20)11-16-21-18(24)17-13-7-3-5-9-15(13)25-19(17)22-16/h2,4,6,8H,3,5,7,9-11H2,1H3,(H,21,22,24)/p+1. The Bertz CT molecular complexity index is 978. The monoisotopic (exact) mass is 374 g/mol. The molecule has 0 fully saturated rings. The molecule has 1 aliphatic carbocycles. The van der Waals surface area contributed by atoms with Gasteiger partial charge in [-0.2, -0.15) is 0 Å². The average Bonchev–Trinajstić information content (AvgIpc) is 2.95. The summed E-state index contributed by atoms with van der Waals surface area (Å²) < 4.78 is 0. The number of aromatic amines is 1. The van der Waals surface area contributed by atoms with Crippen LogP contribution in [0.1, 0.15) is 34.7 Å². The van der Waals surface area contributed by atoms with Gasteiger partial charge in [-0.1, -0.05) is 29.8 Å². The van der Waals surface area contributed by atoms with Crippen LogP contribution in [0.4, 0.5) is 0 Å². The SMILES string of the molecule is C[NH+](Cc1nc2sc3c(c2c(=O)[nH]1)CCCC3)Cc1ccccc1Cl. The number of rotatable bonds is 4. The Balaban J connectivity index is 1.59. The summed E-state index contributed by atoms with van der Waals surface area (Å²) in [5, 5.41) is 1.61. The van der Waals surface area contributed by atoms with Crippen molar-refractivity contribution < 1.29 is 4.90 Å². The molecule has 1 aromatic carbocycles. The largest absolute Gasteiger partial charge is 0.327 e. The molecule has 0 saturated heterocycles. The van der Waals surface area contributed by atoms with Crippen molar-refractivity contribution in [3.05, 3.63) is 61.5 Å². The smallest absolute Gasteiger partial charge is 0.260 e. The van der Waals surface area contributed by atoms with E-state index in [1.54, 1.807) is 11.3 Å². The Morgan fingerprint density at radius 2 is 2.04 bits per heavy atom. The summed E-state index contributed by atoms with van der Waals surface area (Å²) in [5.74, 6) is 0.751. The van der Waals surface area contributed by atoms with Crippen LogP contribution in [0.15, 0.2) is 29.1 Å². The number of aromatic nitrogens is 2. The van der Waals surface area contributed by atoms with E-state index in [1.807, 2.05) is 24.3 Å². The number of quaternary nitrogens is 1. The first-order valence-electron chi connectivity index (χ1n) is 8.70. The maximum absolute atomic E-state index is 12.6. The molecule has 1 atom stereocenters. The third-order valence-electron chi connectivity index (χ3n) is 4.79. The minimum atomic E-state index is 0.0185. The molecule has 0 radical (unpaired) electrons. The molecule has 2 aromatic heterocycles. The van der Waals surface area contributed by atoms with Crippen molar-refractivity contribution in [2.45, 2.75) is 38.8 Å². The van der Waals surface area contributed by atoms with E-state index in [0.29, 0.717) is 6.54 Å². The van der Waals surface area contributed by atoms with E-state index in [2.05, 4.69) is 12.0 Å². The van der Waals surface area contributed by atoms with Gasteiger partial charge in [0, 0.05) is 15.5 Å². The normalized spacial score (nSPS) is 15.3. The van der Waals surface area contributed by atoms with Gasteiger partial charge in [0.15, 0.2) is 5.82 Å². The molecule has 2 heterocycles. The molecule has 3 aromatic rings.